The van der Waals surface area contributed by atoms with E-state index in [1.807, 2.05) is 43.0 Å². The van der Waals surface area contributed by atoms with Crippen molar-refractivity contribution in [2.24, 2.45) is 4.99 Å². The van der Waals surface area contributed by atoms with Gasteiger partial charge in [-0.15, -0.1) is 24.0 Å². The van der Waals surface area contributed by atoms with E-state index in [0.717, 1.165) is 47.4 Å². The SMILES string of the molecule is CCOCCNC(=NC)NCCSCCOc1cccc(Br)c1.I. The van der Waals surface area contributed by atoms with Crippen molar-refractivity contribution in [1.29, 1.82) is 0 Å². The molecule has 0 spiro atoms. The minimum atomic E-state index is 0. The smallest absolute Gasteiger partial charge is 0.191 e. The second-order valence-electron chi connectivity index (χ2n) is 4.54. The van der Waals surface area contributed by atoms with Gasteiger partial charge in [0.05, 0.1) is 13.2 Å². The molecule has 0 saturated heterocycles. The monoisotopic (exact) mass is 531 g/mol. The summed E-state index contributed by atoms with van der Waals surface area (Å²) in [7, 11) is 1.77. The van der Waals surface area contributed by atoms with Crippen molar-refractivity contribution < 1.29 is 9.47 Å². The number of rotatable bonds is 11. The van der Waals surface area contributed by atoms with Crippen LogP contribution in [0.25, 0.3) is 0 Å². The highest BCUT2D eigenvalue weighted by Gasteiger charge is 1.98. The summed E-state index contributed by atoms with van der Waals surface area (Å²) in [5.41, 5.74) is 0. The van der Waals surface area contributed by atoms with E-state index in [1.165, 1.54) is 0 Å². The lowest BCUT2D eigenvalue weighted by Crippen LogP contribution is -2.39. The minimum Gasteiger partial charge on any atom is -0.493 e. The fourth-order valence-corrected chi connectivity index (χ4v) is 2.76. The molecule has 5 nitrogen and oxygen atoms in total. The maximum atomic E-state index is 5.69. The van der Waals surface area contributed by atoms with Gasteiger partial charge in [0.25, 0.3) is 0 Å². The van der Waals surface area contributed by atoms with Gasteiger partial charge in [0.2, 0.25) is 0 Å². The van der Waals surface area contributed by atoms with Crippen LogP contribution in [0.15, 0.2) is 33.7 Å². The Morgan fingerprint density at radius 2 is 2.00 bits per heavy atom. The zero-order chi connectivity index (χ0) is 16.8. The normalized spacial score (nSPS) is 10.9. The summed E-state index contributed by atoms with van der Waals surface area (Å²) < 4.78 is 12.0. The van der Waals surface area contributed by atoms with Crippen molar-refractivity contribution >= 4 is 57.6 Å². The van der Waals surface area contributed by atoms with Crippen molar-refractivity contribution in [1.82, 2.24) is 10.6 Å². The first-order valence-electron chi connectivity index (χ1n) is 7.74. The van der Waals surface area contributed by atoms with Crippen LogP contribution in [0.4, 0.5) is 0 Å². The van der Waals surface area contributed by atoms with E-state index in [4.69, 9.17) is 9.47 Å². The number of aliphatic imine (C=N–C) groups is 1. The van der Waals surface area contributed by atoms with Gasteiger partial charge in [-0.2, -0.15) is 11.8 Å². The molecule has 0 atom stereocenters. The zero-order valence-corrected chi connectivity index (χ0v) is 19.0. The molecule has 0 heterocycles. The van der Waals surface area contributed by atoms with Crippen LogP contribution in [0.1, 0.15) is 6.92 Å². The number of halogens is 2. The molecular formula is C16H27BrIN3O2S. The highest BCUT2D eigenvalue weighted by molar-refractivity contribution is 14.0. The van der Waals surface area contributed by atoms with Crippen LogP contribution in [0.2, 0.25) is 0 Å². The van der Waals surface area contributed by atoms with E-state index in [2.05, 4.69) is 31.6 Å². The summed E-state index contributed by atoms with van der Waals surface area (Å²) in [6.07, 6.45) is 0. The molecule has 0 amide bonds. The lowest BCUT2D eigenvalue weighted by Gasteiger charge is -2.11. The quantitative estimate of drug-likeness (QED) is 0.198. The molecule has 0 aromatic heterocycles. The van der Waals surface area contributed by atoms with E-state index in [9.17, 15) is 0 Å². The Kier molecular flexibility index (Phi) is 16.2. The number of nitrogens with one attached hydrogen (secondary N) is 2. The van der Waals surface area contributed by atoms with Crippen LogP contribution >= 0.6 is 51.7 Å². The molecule has 1 aromatic rings. The molecule has 0 aliphatic heterocycles. The summed E-state index contributed by atoms with van der Waals surface area (Å²) >= 11 is 5.29. The number of ether oxygens (including phenoxy) is 2. The third kappa shape index (κ3) is 12.2. The number of thioether (sulfide) groups is 1. The fraction of sp³-hybridized carbons (Fsp3) is 0.562. The Hall–Kier alpha value is -0.190. The number of nitrogens with zero attached hydrogens (tertiary/aromatic N) is 1. The second kappa shape index (κ2) is 16.3. The molecule has 0 saturated carbocycles. The molecule has 0 radical (unpaired) electrons. The average Bonchev–Trinajstić information content (AvgIpc) is 2.56. The van der Waals surface area contributed by atoms with Crippen LogP contribution in [0.3, 0.4) is 0 Å². The first-order chi connectivity index (χ1) is 11.3. The Bertz CT molecular complexity index is 467. The standard InChI is InChI=1S/C16H26BrN3O2S.HI/c1-3-21-9-7-19-16(18-2)20-8-11-23-12-10-22-15-6-4-5-14(17)13-15;/h4-6,13H,3,7-12H2,1-2H3,(H2,18,19,20);1H. The maximum absolute atomic E-state index is 5.69. The van der Waals surface area contributed by atoms with Crippen LogP contribution in [0.5, 0.6) is 5.75 Å². The van der Waals surface area contributed by atoms with Gasteiger partial charge >= 0.3 is 0 Å². The van der Waals surface area contributed by atoms with Crippen molar-refractivity contribution in [3.05, 3.63) is 28.7 Å². The van der Waals surface area contributed by atoms with Crippen LogP contribution in [-0.4, -0.2) is 57.4 Å². The van der Waals surface area contributed by atoms with Gasteiger partial charge in [-0.1, -0.05) is 22.0 Å². The van der Waals surface area contributed by atoms with E-state index in [0.29, 0.717) is 13.2 Å². The lowest BCUT2D eigenvalue weighted by atomic mass is 10.3. The first-order valence-corrected chi connectivity index (χ1v) is 9.69. The van der Waals surface area contributed by atoms with Crippen LogP contribution in [0, 0.1) is 0 Å². The summed E-state index contributed by atoms with van der Waals surface area (Å²) in [6.45, 7) is 5.77. The summed E-state index contributed by atoms with van der Waals surface area (Å²) in [5.74, 6) is 3.69. The fourth-order valence-electron chi connectivity index (χ4n) is 1.73. The van der Waals surface area contributed by atoms with Gasteiger partial charge in [-0.05, 0) is 25.1 Å². The van der Waals surface area contributed by atoms with Crippen molar-refractivity contribution in [3.8, 4) is 5.75 Å². The predicted molar refractivity (Wildman–Crippen MR) is 118 cm³/mol. The molecule has 0 fully saturated rings. The van der Waals surface area contributed by atoms with Crippen LogP contribution < -0.4 is 15.4 Å². The van der Waals surface area contributed by atoms with Gasteiger partial charge in [-0.25, -0.2) is 0 Å². The van der Waals surface area contributed by atoms with E-state index in [-0.39, 0.29) is 24.0 Å². The van der Waals surface area contributed by atoms with Crippen molar-refractivity contribution in [3.63, 3.8) is 0 Å². The summed E-state index contributed by atoms with van der Waals surface area (Å²) in [5, 5.41) is 6.49. The average molecular weight is 532 g/mol. The number of benzene rings is 1. The number of hydrogen-bond donors (Lipinski definition) is 2. The van der Waals surface area contributed by atoms with Crippen molar-refractivity contribution in [2.75, 3.05) is 51.5 Å². The zero-order valence-electron chi connectivity index (χ0n) is 14.2. The van der Waals surface area contributed by atoms with Crippen LogP contribution in [-0.2, 0) is 4.74 Å². The molecule has 8 heteroatoms. The molecule has 0 aliphatic rings. The molecule has 24 heavy (non-hydrogen) atoms. The first kappa shape index (κ1) is 23.8. The Balaban J connectivity index is 0.00000529. The molecule has 2 N–H and O–H groups in total. The number of guanidine groups is 1. The van der Waals surface area contributed by atoms with E-state index >= 15 is 0 Å². The summed E-state index contributed by atoms with van der Waals surface area (Å²) in [4.78, 5) is 4.17. The Morgan fingerprint density at radius 3 is 2.71 bits per heavy atom. The molecule has 0 unspecified atom stereocenters. The maximum Gasteiger partial charge on any atom is 0.191 e. The molecule has 1 rings (SSSR count). The minimum absolute atomic E-state index is 0. The molecule has 138 valence electrons. The van der Waals surface area contributed by atoms with Gasteiger partial charge in [0.15, 0.2) is 5.96 Å². The Morgan fingerprint density at radius 1 is 1.21 bits per heavy atom. The number of hydrogen-bond acceptors (Lipinski definition) is 4. The molecule has 1 aromatic carbocycles. The predicted octanol–water partition coefficient (Wildman–Crippen LogP) is 3.38. The van der Waals surface area contributed by atoms with Gasteiger partial charge < -0.3 is 20.1 Å². The molecule has 0 aliphatic carbocycles. The molecular weight excluding hydrogens is 505 g/mol. The highest BCUT2D eigenvalue weighted by Crippen LogP contribution is 2.17. The third-order valence-electron chi connectivity index (χ3n) is 2.80. The Labute approximate surface area is 174 Å². The third-order valence-corrected chi connectivity index (χ3v) is 4.24. The van der Waals surface area contributed by atoms with E-state index < -0.39 is 0 Å². The highest BCUT2D eigenvalue weighted by atomic mass is 127. The van der Waals surface area contributed by atoms with Crippen molar-refractivity contribution in [2.45, 2.75) is 6.92 Å². The second-order valence-corrected chi connectivity index (χ2v) is 6.68. The van der Waals surface area contributed by atoms with Gasteiger partial charge in [0.1, 0.15) is 5.75 Å². The van der Waals surface area contributed by atoms with Gasteiger partial charge in [-0.3, -0.25) is 4.99 Å². The lowest BCUT2D eigenvalue weighted by molar-refractivity contribution is 0.152. The largest absolute Gasteiger partial charge is 0.493 e. The molecule has 0 bridgehead atoms. The summed E-state index contributed by atoms with van der Waals surface area (Å²) in [6, 6.07) is 7.90. The van der Waals surface area contributed by atoms with E-state index in [1.54, 1.807) is 7.05 Å². The van der Waals surface area contributed by atoms with Gasteiger partial charge in [0, 0.05) is 42.7 Å². The topological polar surface area (TPSA) is 54.9 Å².